The second kappa shape index (κ2) is 6.23. The van der Waals surface area contributed by atoms with Crippen molar-refractivity contribution in [3.05, 3.63) is 68.7 Å². The van der Waals surface area contributed by atoms with Gasteiger partial charge < -0.3 is 5.32 Å². The molecule has 0 bridgehead atoms. The first-order valence-corrected chi connectivity index (χ1v) is 7.37. The molecule has 0 saturated heterocycles. The van der Waals surface area contributed by atoms with Crippen molar-refractivity contribution in [1.29, 1.82) is 0 Å². The molecule has 0 fully saturated rings. The smallest absolute Gasteiger partial charge is 0.252 e. The van der Waals surface area contributed by atoms with Crippen LogP contribution in [0.1, 0.15) is 32.6 Å². The first-order chi connectivity index (χ1) is 9.47. The number of benzene rings is 2. The van der Waals surface area contributed by atoms with Crippen LogP contribution in [0.25, 0.3) is 0 Å². The van der Waals surface area contributed by atoms with Crippen LogP contribution >= 0.6 is 15.9 Å². The summed E-state index contributed by atoms with van der Waals surface area (Å²) in [4.78, 5) is 12.3. The summed E-state index contributed by atoms with van der Waals surface area (Å²) in [5.41, 5.74) is 5.09. The molecule has 2 rings (SSSR count). The maximum Gasteiger partial charge on any atom is 0.252 e. The first-order valence-electron chi connectivity index (χ1n) is 6.58. The van der Waals surface area contributed by atoms with Gasteiger partial charge in [0.05, 0.1) is 0 Å². The van der Waals surface area contributed by atoms with Gasteiger partial charge in [0.2, 0.25) is 0 Å². The summed E-state index contributed by atoms with van der Waals surface area (Å²) in [6.45, 7) is 6.54. The Balaban J connectivity index is 2.13. The molecule has 2 aromatic carbocycles. The molecule has 0 radical (unpaired) electrons. The van der Waals surface area contributed by atoms with Gasteiger partial charge in [0.15, 0.2) is 0 Å². The Labute approximate surface area is 128 Å². The minimum Gasteiger partial charge on any atom is -0.348 e. The standard InChI is InChI=1S/C17H18BrNO/c1-11-7-12(2)16(13(3)8-11)17(20)19-10-14-5-4-6-15(18)9-14/h4-9H,10H2,1-3H3,(H,19,20). The van der Waals surface area contributed by atoms with E-state index in [9.17, 15) is 4.79 Å². The lowest BCUT2D eigenvalue weighted by atomic mass is 9.99. The SMILES string of the molecule is Cc1cc(C)c(C(=O)NCc2cccc(Br)c2)c(C)c1. The molecule has 0 aromatic heterocycles. The number of hydrogen-bond acceptors (Lipinski definition) is 1. The molecule has 2 aromatic rings. The highest BCUT2D eigenvalue weighted by atomic mass is 79.9. The van der Waals surface area contributed by atoms with E-state index in [4.69, 9.17) is 0 Å². The Bertz CT molecular complexity index is 626. The van der Waals surface area contributed by atoms with Crippen LogP contribution in [0.15, 0.2) is 40.9 Å². The summed E-state index contributed by atoms with van der Waals surface area (Å²) in [5.74, 6) is -0.0139. The van der Waals surface area contributed by atoms with Crippen LogP contribution < -0.4 is 5.32 Å². The third kappa shape index (κ3) is 3.48. The normalized spacial score (nSPS) is 10.4. The molecule has 3 heteroatoms. The molecule has 2 nitrogen and oxygen atoms in total. The van der Waals surface area contributed by atoms with E-state index in [-0.39, 0.29) is 5.91 Å². The van der Waals surface area contributed by atoms with Crippen molar-refractivity contribution >= 4 is 21.8 Å². The molecule has 0 spiro atoms. The van der Waals surface area contributed by atoms with Crippen LogP contribution in [0.4, 0.5) is 0 Å². The van der Waals surface area contributed by atoms with E-state index < -0.39 is 0 Å². The highest BCUT2D eigenvalue weighted by Crippen LogP contribution is 2.17. The fourth-order valence-electron chi connectivity index (χ4n) is 2.46. The largest absolute Gasteiger partial charge is 0.348 e. The van der Waals surface area contributed by atoms with Gasteiger partial charge in [-0.2, -0.15) is 0 Å². The van der Waals surface area contributed by atoms with Crippen LogP contribution in [-0.2, 0) is 6.54 Å². The van der Waals surface area contributed by atoms with Crippen LogP contribution in [0.3, 0.4) is 0 Å². The van der Waals surface area contributed by atoms with Gasteiger partial charge in [0.1, 0.15) is 0 Å². The van der Waals surface area contributed by atoms with Crippen LogP contribution in [0.5, 0.6) is 0 Å². The molecule has 0 unspecified atom stereocenters. The Morgan fingerprint density at radius 1 is 1.10 bits per heavy atom. The average Bonchev–Trinajstić information content (AvgIpc) is 2.35. The van der Waals surface area contributed by atoms with Gasteiger partial charge in [-0.3, -0.25) is 4.79 Å². The van der Waals surface area contributed by atoms with Crippen molar-refractivity contribution in [2.45, 2.75) is 27.3 Å². The van der Waals surface area contributed by atoms with E-state index in [2.05, 4.69) is 21.2 Å². The maximum atomic E-state index is 12.3. The summed E-state index contributed by atoms with van der Waals surface area (Å²) in [6.07, 6.45) is 0. The quantitative estimate of drug-likeness (QED) is 0.892. The highest BCUT2D eigenvalue weighted by Gasteiger charge is 2.12. The van der Waals surface area contributed by atoms with Gasteiger partial charge in [0.25, 0.3) is 5.91 Å². The van der Waals surface area contributed by atoms with Gasteiger partial charge in [-0.05, 0) is 49.6 Å². The summed E-state index contributed by atoms with van der Waals surface area (Å²) in [5, 5.41) is 2.98. The zero-order valence-corrected chi connectivity index (χ0v) is 13.5. The van der Waals surface area contributed by atoms with E-state index in [0.29, 0.717) is 6.54 Å². The third-order valence-corrected chi connectivity index (χ3v) is 3.74. The molecule has 1 N–H and O–H groups in total. The monoisotopic (exact) mass is 331 g/mol. The van der Waals surface area contributed by atoms with Crippen LogP contribution in [-0.4, -0.2) is 5.91 Å². The molecule has 20 heavy (non-hydrogen) atoms. The second-order valence-corrected chi connectivity index (χ2v) is 6.00. The van der Waals surface area contributed by atoms with Crippen molar-refractivity contribution in [2.24, 2.45) is 0 Å². The first kappa shape index (κ1) is 14.8. The fraction of sp³-hybridized carbons (Fsp3) is 0.235. The van der Waals surface area contributed by atoms with Gasteiger partial charge in [-0.25, -0.2) is 0 Å². The molecule has 1 amide bonds. The van der Waals surface area contributed by atoms with Crippen molar-refractivity contribution in [3.63, 3.8) is 0 Å². The molecule has 0 atom stereocenters. The van der Waals surface area contributed by atoms with E-state index in [1.54, 1.807) is 0 Å². The summed E-state index contributed by atoms with van der Waals surface area (Å²) in [6, 6.07) is 12.0. The van der Waals surface area contributed by atoms with E-state index in [0.717, 1.165) is 26.7 Å². The summed E-state index contributed by atoms with van der Waals surface area (Å²) < 4.78 is 1.02. The molecule has 0 saturated carbocycles. The van der Waals surface area contributed by atoms with Crippen LogP contribution in [0.2, 0.25) is 0 Å². The third-order valence-electron chi connectivity index (χ3n) is 3.25. The molecule has 104 valence electrons. The predicted octanol–water partition coefficient (Wildman–Crippen LogP) is 4.30. The highest BCUT2D eigenvalue weighted by molar-refractivity contribution is 9.10. The topological polar surface area (TPSA) is 29.1 Å². The number of carbonyl (C=O) groups excluding carboxylic acids is 1. The lowest BCUT2D eigenvalue weighted by Gasteiger charge is -2.12. The predicted molar refractivity (Wildman–Crippen MR) is 86.0 cm³/mol. The number of aryl methyl sites for hydroxylation is 3. The fourth-order valence-corrected chi connectivity index (χ4v) is 2.90. The lowest BCUT2D eigenvalue weighted by molar-refractivity contribution is 0.0949. The van der Waals surface area contributed by atoms with Gasteiger partial charge in [-0.1, -0.05) is 45.8 Å². The number of nitrogens with one attached hydrogen (secondary N) is 1. The zero-order valence-electron chi connectivity index (χ0n) is 12.0. The maximum absolute atomic E-state index is 12.3. The van der Waals surface area contributed by atoms with Gasteiger partial charge >= 0.3 is 0 Å². The molecule has 0 aliphatic rings. The number of halogens is 1. The van der Waals surface area contributed by atoms with Gasteiger partial charge in [0, 0.05) is 16.6 Å². The van der Waals surface area contributed by atoms with Crippen molar-refractivity contribution in [1.82, 2.24) is 5.32 Å². The van der Waals surface area contributed by atoms with E-state index in [1.807, 2.05) is 57.2 Å². The number of carbonyl (C=O) groups is 1. The number of hydrogen-bond donors (Lipinski definition) is 1. The molecular weight excluding hydrogens is 314 g/mol. The summed E-state index contributed by atoms with van der Waals surface area (Å²) in [7, 11) is 0. The van der Waals surface area contributed by atoms with Crippen molar-refractivity contribution in [2.75, 3.05) is 0 Å². The van der Waals surface area contributed by atoms with Crippen molar-refractivity contribution in [3.8, 4) is 0 Å². The number of amides is 1. The van der Waals surface area contributed by atoms with E-state index >= 15 is 0 Å². The molecule has 0 aliphatic carbocycles. The minimum atomic E-state index is -0.0139. The number of rotatable bonds is 3. The molecular formula is C17H18BrNO. The van der Waals surface area contributed by atoms with Gasteiger partial charge in [-0.15, -0.1) is 0 Å². The Morgan fingerprint density at radius 2 is 1.75 bits per heavy atom. The Kier molecular flexibility index (Phi) is 4.61. The van der Waals surface area contributed by atoms with Crippen molar-refractivity contribution < 1.29 is 4.79 Å². The second-order valence-electron chi connectivity index (χ2n) is 5.09. The van der Waals surface area contributed by atoms with Crippen LogP contribution in [0, 0.1) is 20.8 Å². The zero-order chi connectivity index (χ0) is 14.7. The van der Waals surface area contributed by atoms with E-state index in [1.165, 1.54) is 5.56 Å². The Morgan fingerprint density at radius 3 is 2.35 bits per heavy atom. The molecule has 0 aliphatic heterocycles. The summed E-state index contributed by atoms with van der Waals surface area (Å²) >= 11 is 3.43. The minimum absolute atomic E-state index is 0.0139. The molecule has 0 heterocycles. The Hall–Kier alpha value is -1.61. The average molecular weight is 332 g/mol. The lowest BCUT2D eigenvalue weighted by Crippen LogP contribution is -2.24.